The highest BCUT2D eigenvalue weighted by Crippen LogP contribution is 2.14. The molecule has 0 saturated carbocycles. The first-order valence-electron chi connectivity index (χ1n) is 3.36. The van der Waals surface area contributed by atoms with E-state index in [4.69, 9.17) is 0 Å². The van der Waals surface area contributed by atoms with E-state index in [1.807, 2.05) is 24.3 Å². The molecule has 0 bridgehead atoms. The molecule has 1 heterocycles. The van der Waals surface area contributed by atoms with Crippen LogP contribution in [0.5, 0.6) is 0 Å². The van der Waals surface area contributed by atoms with Crippen molar-refractivity contribution in [1.82, 2.24) is 20.6 Å². The van der Waals surface area contributed by atoms with Crippen LogP contribution in [0.3, 0.4) is 0 Å². The molecule has 0 atom stereocenters. The Kier molecular flexibility index (Phi) is 2.03. The topological polar surface area (TPSA) is 54.5 Å². The van der Waals surface area contributed by atoms with Crippen LogP contribution in [-0.4, -0.2) is 20.6 Å². The molecule has 1 aromatic heterocycles. The Hall–Kier alpha value is -0.980. The van der Waals surface area contributed by atoms with E-state index in [-0.39, 0.29) is 0 Å². The molecule has 1 aromatic carbocycles. The molecule has 0 aliphatic carbocycles. The van der Waals surface area contributed by atoms with Gasteiger partial charge in [-0.05, 0) is 45.2 Å². The number of aromatic amines is 1. The predicted molar refractivity (Wildman–Crippen MR) is 52.3 cm³/mol. The average molecular weight is 272 g/mol. The van der Waals surface area contributed by atoms with Crippen LogP contribution in [-0.2, 0) is 0 Å². The number of rotatable bonds is 1. The van der Waals surface area contributed by atoms with Gasteiger partial charge in [0.05, 0.1) is 0 Å². The molecule has 60 valence electrons. The summed E-state index contributed by atoms with van der Waals surface area (Å²) in [6.07, 6.45) is 0. The SMILES string of the molecule is Ic1ccc(-c2nnn[nH]2)cc1. The van der Waals surface area contributed by atoms with Gasteiger partial charge < -0.3 is 0 Å². The molecule has 2 aromatic rings. The van der Waals surface area contributed by atoms with Crippen LogP contribution >= 0.6 is 22.6 Å². The number of aromatic nitrogens is 4. The Morgan fingerprint density at radius 3 is 2.50 bits per heavy atom. The predicted octanol–water partition coefficient (Wildman–Crippen LogP) is 1.47. The molecule has 0 aliphatic heterocycles. The van der Waals surface area contributed by atoms with Gasteiger partial charge in [0, 0.05) is 9.13 Å². The summed E-state index contributed by atoms with van der Waals surface area (Å²) in [4.78, 5) is 0. The summed E-state index contributed by atoms with van der Waals surface area (Å²) in [5.41, 5.74) is 1.00. The second-order valence-electron chi connectivity index (χ2n) is 2.26. The van der Waals surface area contributed by atoms with E-state index in [1.165, 1.54) is 3.57 Å². The number of hydrogen-bond donors (Lipinski definition) is 1. The van der Waals surface area contributed by atoms with E-state index in [9.17, 15) is 0 Å². The second-order valence-corrected chi connectivity index (χ2v) is 3.50. The lowest BCUT2D eigenvalue weighted by atomic mass is 10.2. The summed E-state index contributed by atoms with van der Waals surface area (Å²) in [7, 11) is 0. The Balaban J connectivity index is 2.43. The maximum Gasteiger partial charge on any atom is 0.179 e. The number of benzene rings is 1. The standard InChI is InChI=1S/C7H5IN4/c8-6-3-1-5(2-4-6)7-9-11-12-10-7/h1-4H,(H,9,10,11,12). The fraction of sp³-hybridized carbons (Fsp3) is 0. The van der Waals surface area contributed by atoms with Crippen molar-refractivity contribution in [2.75, 3.05) is 0 Å². The minimum absolute atomic E-state index is 0.700. The van der Waals surface area contributed by atoms with Crippen molar-refractivity contribution >= 4 is 22.6 Å². The number of nitrogens with one attached hydrogen (secondary N) is 1. The number of nitrogens with zero attached hydrogens (tertiary/aromatic N) is 3. The van der Waals surface area contributed by atoms with Crippen molar-refractivity contribution in [3.63, 3.8) is 0 Å². The van der Waals surface area contributed by atoms with Crippen molar-refractivity contribution in [3.05, 3.63) is 27.8 Å². The van der Waals surface area contributed by atoms with Crippen molar-refractivity contribution in [3.8, 4) is 11.4 Å². The molecule has 0 fully saturated rings. The van der Waals surface area contributed by atoms with Crippen LogP contribution in [0.25, 0.3) is 11.4 Å². The van der Waals surface area contributed by atoms with Gasteiger partial charge in [0.1, 0.15) is 0 Å². The van der Waals surface area contributed by atoms with Crippen LogP contribution < -0.4 is 0 Å². The van der Waals surface area contributed by atoms with E-state index in [0.29, 0.717) is 5.82 Å². The molecular weight excluding hydrogens is 267 g/mol. The van der Waals surface area contributed by atoms with Crippen molar-refractivity contribution in [1.29, 1.82) is 0 Å². The summed E-state index contributed by atoms with van der Waals surface area (Å²) in [6, 6.07) is 7.98. The Morgan fingerprint density at radius 2 is 1.92 bits per heavy atom. The number of halogens is 1. The first-order valence-corrected chi connectivity index (χ1v) is 4.44. The van der Waals surface area contributed by atoms with Crippen LogP contribution in [0.2, 0.25) is 0 Å². The van der Waals surface area contributed by atoms with Gasteiger partial charge in [-0.15, -0.1) is 5.10 Å². The molecule has 4 nitrogen and oxygen atoms in total. The lowest BCUT2D eigenvalue weighted by Crippen LogP contribution is -1.80. The maximum absolute atomic E-state index is 3.80. The quantitative estimate of drug-likeness (QED) is 0.800. The zero-order valence-corrected chi connectivity index (χ0v) is 8.19. The first kappa shape index (κ1) is 7.66. The summed E-state index contributed by atoms with van der Waals surface area (Å²) in [5, 5.41) is 13.5. The summed E-state index contributed by atoms with van der Waals surface area (Å²) in [5.74, 6) is 0.700. The van der Waals surface area contributed by atoms with Gasteiger partial charge in [-0.1, -0.05) is 12.1 Å². The lowest BCUT2D eigenvalue weighted by Gasteiger charge is -1.93. The number of tetrazole rings is 1. The molecule has 0 aliphatic rings. The maximum atomic E-state index is 3.80. The molecule has 5 heteroatoms. The Morgan fingerprint density at radius 1 is 1.17 bits per heavy atom. The Bertz CT molecular complexity index is 353. The first-order chi connectivity index (χ1) is 5.86. The van der Waals surface area contributed by atoms with Gasteiger partial charge in [0.25, 0.3) is 0 Å². The Labute approximate surface area is 82.5 Å². The van der Waals surface area contributed by atoms with Gasteiger partial charge in [-0.2, -0.15) is 0 Å². The molecule has 0 amide bonds. The molecule has 1 N–H and O–H groups in total. The molecule has 12 heavy (non-hydrogen) atoms. The zero-order chi connectivity index (χ0) is 8.39. The van der Waals surface area contributed by atoms with Gasteiger partial charge in [0.2, 0.25) is 0 Å². The van der Waals surface area contributed by atoms with Gasteiger partial charge in [-0.3, -0.25) is 0 Å². The van der Waals surface area contributed by atoms with Gasteiger partial charge >= 0.3 is 0 Å². The number of H-pyrrole nitrogens is 1. The average Bonchev–Trinajstić information content (AvgIpc) is 2.58. The molecule has 0 spiro atoms. The van der Waals surface area contributed by atoms with Gasteiger partial charge in [0.15, 0.2) is 5.82 Å². The van der Waals surface area contributed by atoms with Crippen molar-refractivity contribution < 1.29 is 0 Å². The highest BCUT2D eigenvalue weighted by molar-refractivity contribution is 14.1. The van der Waals surface area contributed by atoms with Crippen LogP contribution in [0.4, 0.5) is 0 Å². The number of hydrogen-bond acceptors (Lipinski definition) is 3. The fourth-order valence-electron chi connectivity index (χ4n) is 0.889. The molecule has 0 saturated heterocycles. The normalized spacial score (nSPS) is 10.1. The van der Waals surface area contributed by atoms with Crippen LogP contribution in [0.15, 0.2) is 24.3 Å². The minimum Gasteiger partial charge on any atom is -0.239 e. The van der Waals surface area contributed by atoms with Crippen molar-refractivity contribution in [2.24, 2.45) is 0 Å². The third kappa shape index (κ3) is 1.45. The molecule has 2 rings (SSSR count). The minimum atomic E-state index is 0.700. The molecular formula is C7H5IN4. The highest BCUT2D eigenvalue weighted by atomic mass is 127. The zero-order valence-electron chi connectivity index (χ0n) is 6.03. The van der Waals surface area contributed by atoms with E-state index >= 15 is 0 Å². The summed E-state index contributed by atoms with van der Waals surface area (Å²) >= 11 is 2.25. The van der Waals surface area contributed by atoms with E-state index < -0.39 is 0 Å². The van der Waals surface area contributed by atoms with E-state index in [0.717, 1.165) is 5.56 Å². The fourth-order valence-corrected chi connectivity index (χ4v) is 1.25. The highest BCUT2D eigenvalue weighted by Gasteiger charge is 1.99. The van der Waals surface area contributed by atoms with Crippen molar-refractivity contribution in [2.45, 2.75) is 0 Å². The summed E-state index contributed by atoms with van der Waals surface area (Å²) in [6.45, 7) is 0. The van der Waals surface area contributed by atoms with Gasteiger partial charge in [-0.25, -0.2) is 5.10 Å². The third-order valence-corrected chi connectivity index (χ3v) is 2.18. The van der Waals surface area contributed by atoms with E-state index in [1.54, 1.807) is 0 Å². The smallest absolute Gasteiger partial charge is 0.179 e. The van der Waals surface area contributed by atoms with Crippen LogP contribution in [0.1, 0.15) is 0 Å². The monoisotopic (exact) mass is 272 g/mol. The lowest BCUT2D eigenvalue weighted by molar-refractivity contribution is 0.881. The largest absolute Gasteiger partial charge is 0.239 e. The molecule has 0 unspecified atom stereocenters. The summed E-state index contributed by atoms with van der Waals surface area (Å²) < 4.78 is 1.20. The van der Waals surface area contributed by atoms with Crippen LogP contribution in [0, 0.1) is 3.57 Å². The second kappa shape index (κ2) is 3.18. The van der Waals surface area contributed by atoms with E-state index in [2.05, 4.69) is 43.2 Å². The third-order valence-electron chi connectivity index (χ3n) is 1.46. The molecule has 0 radical (unpaired) electrons.